The van der Waals surface area contributed by atoms with Crippen LogP contribution in [0.3, 0.4) is 0 Å². The van der Waals surface area contributed by atoms with E-state index in [1.165, 1.54) is 31.2 Å². The molecule has 0 aliphatic carbocycles. The molecule has 0 aliphatic rings. The lowest BCUT2D eigenvalue weighted by Gasteiger charge is -2.05. The Morgan fingerprint density at radius 2 is 1.81 bits per heavy atom. The molecule has 21 heavy (non-hydrogen) atoms. The number of carbonyl (C=O) groups excluding carboxylic acids is 1. The third-order valence-corrected chi connectivity index (χ3v) is 3.57. The lowest BCUT2D eigenvalue weighted by atomic mass is 10.0. The van der Waals surface area contributed by atoms with Crippen LogP contribution in [0.25, 0.3) is 0 Å². The van der Waals surface area contributed by atoms with Gasteiger partial charge in [-0.2, -0.15) is 5.10 Å². The van der Waals surface area contributed by atoms with Crippen molar-refractivity contribution >= 4 is 12.1 Å². The van der Waals surface area contributed by atoms with Crippen molar-refractivity contribution in [1.29, 1.82) is 0 Å². The Bertz CT molecular complexity index is 414. The van der Waals surface area contributed by atoms with Crippen LogP contribution >= 0.6 is 0 Å². The summed E-state index contributed by atoms with van der Waals surface area (Å²) in [6, 6.07) is 10.1. The van der Waals surface area contributed by atoms with E-state index in [0.29, 0.717) is 6.42 Å². The van der Waals surface area contributed by atoms with Crippen LogP contribution < -0.4 is 5.43 Å². The third kappa shape index (κ3) is 8.28. The van der Waals surface area contributed by atoms with Crippen LogP contribution in [-0.4, -0.2) is 12.1 Å². The molecule has 1 aromatic rings. The van der Waals surface area contributed by atoms with Gasteiger partial charge in [-0.1, -0.05) is 76.3 Å². The van der Waals surface area contributed by atoms with Gasteiger partial charge in [-0.05, 0) is 12.0 Å². The molecule has 1 rings (SSSR count). The summed E-state index contributed by atoms with van der Waals surface area (Å²) >= 11 is 0. The van der Waals surface area contributed by atoms with Crippen LogP contribution in [-0.2, 0) is 4.79 Å². The number of carbonyl (C=O) groups is 1. The number of hydrazone groups is 1. The minimum absolute atomic E-state index is 0.0157. The van der Waals surface area contributed by atoms with Gasteiger partial charge < -0.3 is 0 Å². The fourth-order valence-electron chi connectivity index (χ4n) is 2.19. The number of unbranched alkanes of at least 4 members (excludes halogenated alkanes) is 5. The van der Waals surface area contributed by atoms with Gasteiger partial charge in [0.2, 0.25) is 5.91 Å². The Balaban J connectivity index is 2.13. The molecule has 3 heteroatoms. The summed E-state index contributed by atoms with van der Waals surface area (Å²) in [5, 5.41) is 4.05. The Morgan fingerprint density at radius 1 is 1.14 bits per heavy atom. The number of hydrogen-bond acceptors (Lipinski definition) is 2. The van der Waals surface area contributed by atoms with Crippen molar-refractivity contribution in [2.75, 3.05) is 0 Å². The van der Waals surface area contributed by atoms with Crippen molar-refractivity contribution in [1.82, 2.24) is 5.43 Å². The molecule has 3 nitrogen and oxygen atoms in total. The van der Waals surface area contributed by atoms with Crippen LogP contribution in [0.1, 0.15) is 70.3 Å². The fraction of sp³-hybridized carbons (Fsp3) is 0.556. The monoisotopic (exact) mass is 288 g/mol. The first-order valence-corrected chi connectivity index (χ1v) is 8.11. The number of benzene rings is 1. The standard InChI is InChI=1S/C18H28N2O/c1-3-4-5-6-7-11-14-18(21)20-19-15-16(2)17-12-9-8-10-13-17/h8-10,12-13,15-16H,3-7,11,14H2,1-2H3,(H,20,21)/b19-15-. The van der Waals surface area contributed by atoms with E-state index in [-0.39, 0.29) is 11.8 Å². The minimum Gasteiger partial charge on any atom is -0.273 e. The first-order chi connectivity index (χ1) is 10.2. The highest BCUT2D eigenvalue weighted by Crippen LogP contribution is 2.11. The summed E-state index contributed by atoms with van der Waals surface area (Å²) in [5.74, 6) is 0.225. The van der Waals surface area contributed by atoms with Gasteiger partial charge in [0.15, 0.2) is 0 Å². The van der Waals surface area contributed by atoms with Crippen LogP contribution in [0, 0.1) is 0 Å². The van der Waals surface area contributed by atoms with E-state index in [0.717, 1.165) is 12.8 Å². The zero-order valence-corrected chi connectivity index (χ0v) is 13.3. The number of nitrogens with zero attached hydrogens (tertiary/aromatic N) is 1. The highest BCUT2D eigenvalue weighted by Gasteiger charge is 2.02. The van der Waals surface area contributed by atoms with E-state index in [1.54, 1.807) is 6.21 Å². The van der Waals surface area contributed by atoms with Crippen molar-refractivity contribution in [3.05, 3.63) is 35.9 Å². The SMILES string of the molecule is CCCCCCCCC(=O)N/N=C\C(C)c1ccccc1. The van der Waals surface area contributed by atoms with Gasteiger partial charge in [0.05, 0.1) is 0 Å². The predicted octanol–water partition coefficient (Wildman–Crippen LogP) is 4.64. The number of amides is 1. The second-order valence-corrected chi connectivity index (χ2v) is 5.53. The quantitative estimate of drug-likeness (QED) is 0.380. The molecular weight excluding hydrogens is 260 g/mol. The van der Waals surface area contributed by atoms with E-state index >= 15 is 0 Å². The molecule has 0 spiro atoms. The predicted molar refractivity (Wildman–Crippen MR) is 89.5 cm³/mol. The third-order valence-electron chi connectivity index (χ3n) is 3.57. The summed E-state index contributed by atoms with van der Waals surface area (Å²) < 4.78 is 0. The van der Waals surface area contributed by atoms with Crippen LogP contribution in [0.15, 0.2) is 35.4 Å². The number of nitrogens with one attached hydrogen (secondary N) is 1. The van der Waals surface area contributed by atoms with Crippen LogP contribution in [0.5, 0.6) is 0 Å². The molecular formula is C18H28N2O. The molecule has 0 bridgehead atoms. The zero-order valence-electron chi connectivity index (χ0n) is 13.3. The van der Waals surface area contributed by atoms with Crippen molar-refractivity contribution in [3.63, 3.8) is 0 Å². The van der Waals surface area contributed by atoms with E-state index in [1.807, 2.05) is 18.2 Å². The summed E-state index contributed by atoms with van der Waals surface area (Å²) in [7, 11) is 0. The summed E-state index contributed by atoms with van der Waals surface area (Å²) in [6.07, 6.45) is 9.53. The Labute approximate surface area is 128 Å². The van der Waals surface area contributed by atoms with Crippen molar-refractivity contribution in [2.45, 2.75) is 64.7 Å². The average Bonchev–Trinajstić information content (AvgIpc) is 2.51. The normalized spacial score (nSPS) is 12.5. The molecule has 116 valence electrons. The van der Waals surface area contributed by atoms with Gasteiger partial charge in [-0.3, -0.25) is 4.79 Å². The molecule has 0 heterocycles. The minimum atomic E-state index is 0.0157. The Morgan fingerprint density at radius 3 is 2.52 bits per heavy atom. The number of rotatable bonds is 10. The largest absolute Gasteiger partial charge is 0.273 e. The smallest absolute Gasteiger partial charge is 0.240 e. The second-order valence-electron chi connectivity index (χ2n) is 5.53. The van der Waals surface area contributed by atoms with Crippen molar-refractivity contribution < 1.29 is 4.79 Å². The number of hydrogen-bond donors (Lipinski definition) is 1. The van der Waals surface area contributed by atoms with Gasteiger partial charge in [-0.25, -0.2) is 5.43 Å². The Hall–Kier alpha value is -1.64. The van der Waals surface area contributed by atoms with Gasteiger partial charge in [0.1, 0.15) is 0 Å². The highest BCUT2D eigenvalue weighted by atomic mass is 16.2. The van der Waals surface area contributed by atoms with E-state index < -0.39 is 0 Å². The lowest BCUT2D eigenvalue weighted by molar-refractivity contribution is -0.121. The maximum atomic E-state index is 11.6. The maximum absolute atomic E-state index is 11.6. The molecule has 1 amide bonds. The lowest BCUT2D eigenvalue weighted by Crippen LogP contribution is -2.17. The molecule has 0 saturated heterocycles. The maximum Gasteiger partial charge on any atom is 0.240 e. The molecule has 1 unspecified atom stereocenters. The van der Waals surface area contributed by atoms with Gasteiger partial charge in [-0.15, -0.1) is 0 Å². The molecule has 0 fully saturated rings. The van der Waals surface area contributed by atoms with E-state index in [9.17, 15) is 4.79 Å². The zero-order chi connectivity index (χ0) is 15.3. The summed E-state index contributed by atoms with van der Waals surface area (Å²) in [4.78, 5) is 11.6. The van der Waals surface area contributed by atoms with Gasteiger partial charge in [0.25, 0.3) is 0 Å². The topological polar surface area (TPSA) is 41.5 Å². The first kappa shape index (κ1) is 17.4. The highest BCUT2D eigenvalue weighted by molar-refractivity contribution is 5.77. The molecule has 0 radical (unpaired) electrons. The van der Waals surface area contributed by atoms with Crippen LogP contribution in [0.4, 0.5) is 0 Å². The molecule has 1 N–H and O–H groups in total. The molecule has 1 atom stereocenters. The molecule has 1 aromatic carbocycles. The van der Waals surface area contributed by atoms with Gasteiger partial charge in [0, 0.05) is 18.6 Å². The fourth-order valence-corrected chi connectivity index (χ4v) is 2.19. The van der Waals surface area contributed by atoms with Crippen molar-refractivity contribution in [2.24, 2.45) is 5.10 Å². The summed E-state index contributed by atoms with van der Waals surface area (Å²) in [5.41, 5.74) is 3.82. The van der Waals surface area contributed by atoms with E-state index in [4.69, 9.17) is 0 Å². The summed E-state index contributed by atoms with van der Waals surface area (Å²) in [6.45, 7) is 4.28. The first-order valence-electron chi connectivity index (χ1n) is 8.11. The van der Waals surface area contributed by atoms with Crippen molar-refractivity contribution in [3.8, 4) is 0 Å². The molecule has 0 aromatic heterocycles. The van der Waals surface area contributed by atoms with Crippen LogP contribution in [0.2, 0.25) is 0 Å². The second kappa shape index (κ2) is 11.1. The van der Waals surface area contributed by atoms with Gasteiger partial charge >= 0.3 is 0 Å². The average molecular weight is 288 g/mol. The van der Waals surface area contributed by atoms with E-state index in [2.05, 4.69) is 36.5 Å². The molecule has 0 saturated carbocycles. The Kier molecular flexibility index (Phi) is 9.18. The molecule has 0 aliphatic heterocycles.